The molecule has 1 fully saturated rings. The van der Waals surface area contributed by atoms with Gasteiger partial charge < -0.3 is 15.5 Å². The summed E-state index contributed by atoms with van der Waals surface area (Å²) in [6.07, 6.45) is 0. The highest BCUT2D eigenvalue weighted by Gasteiger charge is 2.15. The van der Waals surface area contributed by atoms with E-state index in [4.69, 9.17) is 5.73 Å². The van der Waals surface area contributed by atoms with Crippen molar-refractivity contribution in [1.82, 2.24) is 9.80 Å². The minimum atomic E-state index is 0.557. The second-order valence-electron chi connectivity index (χ2n) is 4.24. The van der Waals surface area contributed by atoms with Gasteiger partial charge in [-0.15, -0.1) is 5.10 Å². The summed E-state index contributed by atoms with van der Waals surface area (Å²) in [4.78, 5) is 4.38. The number of hydrogen-bond acceptors (Lipinski definition) is 3. The van der Waals surface area contributed by atoms with E-state index < -0.39 is 0 Å². The van der Waals surface area contributed by atoms with Gasteiger partial charge in [-0.1, -0.05) is 18.2 Å². The Hall–Kier alpha value is -1.75. The smallest absolute Gasteiger partial charge is 0.214 e. The van der Waals surface area contributed by atoms with Crippen LogP contribution in [0.1, 0.15) is 0 Å². The van der Waals surface area contributed by atoms with Crippen LogP contribution in [-0.4, -0.2) is 49.0 Å². The maximum atomic E-state index is 5.94. The molecule has 2 rings (SSSR count). The van der Waals surface area contributed by atoms with Crippen molar-refractivity contribution in [2.75, 3.05) is 38.7 Å². The first-order chi connectivity index (χ1) is 8.25. The molecule has 0 saturated carbocycles. The second kappa shape index (κ2) is 5.54. The number of nitrogens with zero attached hydrogens (tertiary/aromatic N) is 3. The lowest BCUT2D eigenvalue weighted by Crippen LogP contribution is -2.50. The van der Waals surface area contributed by atoms with Crippen LogP contribution < -0.4 is 11.2 Å². The highest BCUT2D eigenvalue weighted by atomic mass is 15.4. The molecular formula is C12H19N5. The molecule has 1 aromatic rings. The van der Waals surface area contributed by atoms with E-state index in [1.165, 1.54) is 0 Å². The van der Waals surface area contributed by atoms with Gasteiger partial charge in [0, 0.05) is 26.2 Å². The second-order valence-corrected chi connectivity index (χ2v) is 4.24. The minimum Gasteiger partial charge on any atom is -0.368 e. The lowest BCUT2D eigenvalue weighted by molar-refractivity contribution is 0.214. The Morgan fingerprint density at radius 3 is 2.47 bits per heavy atom. The number of rotatable bonds is 2. The van der Waals surface area contributed by atoms with E-state index in [0.29, 0.717) is 5.96 Å². The van der Waals surface area contributed by atoms with Crippen molar-refractivity contribution in [3.63, 3.8) is 0 Å². The number of benzene rings is 1. The van der Waals surface area contributed by atoms with Crippen LogP contribution in [0.3, 0.4) is 0 Å². The number of piperazine rings is 1. The van der Waals surface area contributed by atoms with E-state index in [-0.39, 0.29) is 0 Å². The molecule has 17 heavy (non-hydrogen) atoms. The number of guanidine groups is 1. The first-order valence-electron chi connectivity index (χ1n) is 5.83. The summed E-state index contributed by atoms with van der Waals surface area (Å²) >= 11 is 0. The Kier molecular flexibility index (Phi) is 3.82. The number of anilines is 1. The third-order valence-corrected chi connectivity index (χ3v) is 2.90. The van der Waals surface area contributed by atoms with Crippen LogP contribution in [-0.2, 0) is 0 Å². The molecule has 0 amide bonds. The Balaban J connectivity index is 1.89. The maximum absolute atomic E-state index is 5.94. The highest BCUT2D eigenvalue weighted by molar-refractivity contribution is 5.79. The normalized spacial score (nSPS) is 18.2. The summed E-state index contributed by atoms with van der Waals surface area (Å²) in [6, 6.07) is 9.81. The molecule has 5 heteroatoms. The van der Waals surface area contributed by atoms with Gasteiger partial charge in [-0.25, -0.2) is 0 Å². The van der Waals surface area contributed by atoms with Crippen LogP contribution in [0.5, 0.6) is 0 Å². The van der Waals surface area contributed by atoms with E-state index in [1.807, 2.05) is 30.3 Å². The van der Waals surface area contributed by atoms with Crippen LogP contribution in [0.4, 0.5) is 5.69 Å². The highest BCUT2D eigenvalue weighted by Crippen LogP contribution is 2.05. The van der Waals surface area contributed by atoms with Crippen molar-refractivity contribution < 1.29 is 0 Å². The van der Waals surface area contributed by atoms with Gasteiger partial charge in [0.25, 0.3) is 0 Å². The van der Waals surface area contributed by atoms with Gasteiger partial charge >= 0.3 is 0 Å². The van der Waals surface area contributed by atoms with Crippen LogP contribution in [0.25, 0.3) is 0 Å². The number of nitrogens with one attached hydrogen (secondary N) is 1. The quantitative estimate of drug-likeness (QED) is 0.445. The molecule has 0 radical (unpaired) electrons. The number of para-hydroxylation sites is 1. The average molecular weight is 233 g/mol. The number of hydrogen-bond donors (Lipinski definition) is 2. The fraction of sp³-hybridized carbons (Fsp3) is 0.417. The Morgan fingerprint density at radius 2 is 1.82 bits per heavy atom. The van der Waals surface area contributed by atoms with Crippen molar-refractivity contribution in [2.45, 2.75) is 0 Å². The largest absolute Gasteiger partial charge is 0.368 e. The summed E-state index contributed by atoms with van der Waals surface area (Å²) in [5.74, 6) is 0.557. The van der Waals surface area contributed by atoms with Crippen molar-refractivity contribution in [3.05, 3.63) is 30.3 Å². The Morgan fingerprint density at radius 1 is 1.18 bits per heavy atom. The van der Waals surface area contributed by atoms with E-state index in [0.717, 1.165) is 31.9 Å². The van der Waals surface area contributed by atoms with Gasteiger partial charge in [0.05, 0.1) is 5.69 Å². The lowest BCUT2D eigenvalue weighted by Gasteiger charge is -2.32. The van der Waals surface area contributed by atoms with E-state index in [9.17, 15) is 0 Å². The fourth-order valence-corrected chi connectivity index (χ4v) is 1.74. The third-order valence-electron chi connectivity index (χ3n) is 2.90. The molecule has 0 spiro atoms. The van der Waals surface area contributed by atoms with Gasteiger partial charge in [-0.3, -0.25) is 5.43 Å². The van der Waals surface area contributed by atoms with Crippen LogP contribution >= 0.6 is 0 Å². The number of likely N-dealkylation sites (N-methyl/N-ethyl adjacent to an activating group) is 1. The van der Waals surface area contributed by atoms with E-state index in [1.54, 1.807) is 0 Å². The molecule has 5 nitrogen and oxygen atoms in total. The van der Waals surface area contributed by atoms with Crippen LogP contribution in [0.2, 0.25) is 0 Å². The number of nitrogens with two attached hydrogens (primary N) is 1. The van der Waals surface area contributed by atoms with Crippen molar-refractivity contribution in [3.8, 4) is 0 Å². The Labute approximate surface area is 102 Å². The zero-order valence-corrected chi connectivity index (χ0v) is 10.1. The zero-order chi connectivity index (χ0) is 12.1. The van der Waals surface area contributed by atoms with Crippen molar-refractivity contribution in [1.29, 1.82) is 0 Å². The predicted octanol–water partition coefficient (Wildman–Crippen LogP) is 0.576. The van der Waals surface area contributed by atoms with E-state index in [2.05, 4.69) is 27.4 Å². The molecule has 0 aliphatic carbocycles. The topological polar surface area (TPSA) is 56.9 Å². The molecule has 1 saturated heterocycles. The molecule has 1 aliphatic rings. The molecule has 0 aromatic heterocycles. The van der Waals surface area contributed by atoms with Crippen molar-refractivity contribution >= 4 is 11.6 Å². The van der Waals surface area contributed by atoms with Gasteiger partial charge in [-0.05, 0) is 19.2 Å². The fourth-order valence-electron chi connectivity index (χ4n) is 1.74. The van der Waals surface area contributed by atoms with E-state index >= 15 is 0 Å². The molecule has 0 bridgehead atoms. The van der Waals surface area contributed by atoms with Crippen LogP contribution in [0.15, 0.2) is 35.4 Å². The first-order valence-corrected chi connectivity index (χ1v) is 5.83. The van der Waals surface area contributed by atoms with Gasteiger partial charge in [-0.2, -0.15) is 0 Å². The average Bonchev–Trinajstić information content (AvgIpc) is 2.38. The summed E-state index contributed by atoms with van der Waals surface area (Å²) in [5.41, 5.74) is 9.85. The Bertz CT molecular complexity index is 368. The number of hydrazone groups is 1. The van der Waals surface area contributed by atoms with Gasteiger partial charge in [0.1, 0.15) is 0 Å². The third kappa shape index (κ3) is 3.35. The van der Waals surface area contributed by atoms with Gasteiger partial charge in [0.15, 0.2) is 0 Å². The predicted molar refractivity (Wildman–Crippen MR) is 70.8 cm³/mol. The maximum Gasteiger partial charge on any atom is 0.214 e. The summed E-state index contributed by atoms with van der Waals surface area (Å²) in [5, 5.41) is 4.19. The van der Waals surface area contributed by atoms with Crippen LogP contribution in [0, 0.1) is 0 Å². The molecular weight excluding hydrogens is 214 g/mol. The molecule has 0 atom stereocenters. The molecule has 1 aliphatic heterocycles. The molecule has 1 aromatic carbocycles. The molecule has 92 valence electrons. The summed E-state index contributed by atoms with van der Waals surface area (Å²) in [6.45, 7) is 3.92. The van der Waals surface area contributed by atoms with Crippen molar-refractivity contribution in [2.24, 2.45) is 10.8 Å². The zero-order valence-electron chi connectivity index (χ0n) is 10.1. The molecule has 3 N–H and O–H groups in total. The summed E-state index contributed by atoms with van der Waals surface area (Å²) < 4.78 is 0. The molecule has 0 unspecified atom stereocenters. The SMILES string of the molecule is CN1CCN(/C(N)=N/Nc2ccccc2)CC1. The standard InChI is InChI=1S/C12H19N5/c1-16-7-9-17(10-8-16)12(13)15-14-11-5-3-2-4-6-11/h2-6,14H,7-10H2,1H3,(H2,13,15). The van der Waals surface area contributed by atoms with Gasteiger partial charge in [0.2, 0.25) is 5.96 Å². The minimum absolute atomic E-state index is 0.557. The summed E-state index contributed by atoms with van der Waals surface area (Å²) in [7, 11) is 2.12. The lowest BCUT2D eigenvalue weighted by atomic mass is 10.3. The monoisotopic (exact) mass is 233 g/mol. The molecule has 1 heterocycles. The first kappa shape index (κ1) is 11.7.